The largest absolute Gasteiger partial charge is 1.00 e. The van der Waals surface area contributed by atoms with Crippen LogP contribution in [-0.2, 0) is 85.8 Å². The molecule has 7 unspecified atom stereocenters. The number of ether oxygens (including phenoxy) is 8. The molecular weight excluding hydrogens is 1820 g/mol. The van der Waals surface area contributed by atoms with Crippen LogP contribution in [0.15, 0.2) is 38.0 Å². The van der Waals surface area contributed by atoms with Crippen molar-refractivity contribution in [2.45, 2.75) is 264 Å². The molecule has 0 spiro atoms. The molecule has 21 N–H and O–H groups in total. The molecule has 0 saturated carbocycles. The van der Waals surface area contributed by atoms with E-state index in [2.05, 4.69) is 45.2 Å². The molecule has 133 heavy (non-hydrogen) atoms. The molecule has 11 amide bonds. The number of likely N-dealkylation sites (tertiary alicyclic amines) is 3. The molecule has 0 bridgehead atoms. The van der Waals surface area contributed by atoms with E-state index >= 15 is 0 Å². The van der Waals surface area contributed by atoms with Crippen LogP contribution in [-0.4, -0.2) is 308 Å². The monoisotopic (exact) mass is 1980 g/mol. The van der Waals surface area contributed by atoms with Crippen LogP contribution in [0.2, 0.25) is 0 Å². The quantitative estimate of drug-likeness (QED) is 0.0293. The van der Waals surface area contributed by atoms with Gasteiger partial charge in [-0.3, -0.25) is 47.9 Å². The number of allylic oxidation sites excluding steroid dienone is 1. The van der Waals surface area contributed by atoms with Crippen molar-refractivity contribution in [2.24, 2.45) is 58.3 Å². The van der Waals surface area contributed by atoms with Crippen LogP contribution >= 0.6 is 35.6 Å². The SMILES string of the molecule is C.C.C.C=CC(=O)Cl.C=CC(=O)N1CCN(C(=O)OC(C)(C)C)CC1C(N)=O.C=CC(=O)N1CCNCC1C(N)=O.CC(C)(C)OC(=O)N1CCCC(C(=O)O)C1.CC(C)(C)OC(=O)N1CCCC(C(N)=O)C1.CC(C)(C)OC(=O)N1CCCC(C(N)=O)C1.CC(C)(C)OC(=O)OC(=O)OC(C)(C)C.CCOC(=O)Cl.Cl.N.NC(=O)C1CCCNC1.O.O=C(O)C1CCCNC1.[Na+].[OH-]. The zero-order valence-electron chi connectivity index (χ0n) is 79.5. The molecule has 0 aliphatic carbocycles. The molecule has 7 atom stereocenters. The molecule has 7 heterocycles. The first-order valence-electron chi connectivity index (χ1n) is 40.9. The van der Waals surface area contributed by atoms with Gasteiger partial charge in [-0.05, 0) is 239 Å². The summed E-state index contributed by atoms with van der Waals surface area (Å²) >= 11 is 9.42. The molecule has 48 heteroatoms. The van der Waals surface area contributed by atoms with Gasteiger partial charge >= 0.3 is 83.6 Å². The summed E-state index contributed by atoms with van der Waals surface area (Å²) in [5.41, 5.74) is 21.7. The van der Waals surface area contributed by atoms with Gasteiger partial charge in [0.15, 0.2) is 0 Å². The second-order valence-electron chi connectivity index (χ2n) is 34.9. The molecule has 0 aromatic rings. The zero-order chi connectivity index (χ0) is 97.3. The number of rotatable bonds is 11. The first-order valence-corrected chi connectivity index (χ1v) is 41.7. The Balaban J connectivity index is -0.000000140. The fourth-order valence-electron chi connectivity index (χ4n) is 11.2. The van der Waals surface area contributed by atoms with Crippen LogP contribution < -0.4 is 80.3 Å². The Morgan fingerprint density at radius 2 is 0.669 bits per heavy atom. The second kappa shape index (κ2) is 73.4. The number of hydrogen-bond acceptors (Lipinski definition) is 30. The van der Waals surface area contributed by atoms with Gasteiger partial charge in [0.05, 0.1) is 42.7 Å². The van der Waals surface area contributed by atoms with E-state index in [4.69, 9.17) is 90.5 Å². The van der Waals surface area contributed by atoms with E-state index in [9.17, 15) is 81.5 Å². The number of halogens is 3. The molecule has 7 fully saturated rings. The minimum Gasteiger partial charge on any atom is -0.870 e. The van der Waals surface area contributed by atoms with Crippen LogP contribution in [0, 0.1) is 29.6 Å². The molecule has 0 radical (unpaired) electrons. The van der Waals surface area contributed by atoms with Crippen molar-refractivity contribution >= 4 is 136 Å². The third-order valence-electron chi connectivity index (χ3n) is 16.9. The van der Waals surface area contributed by atoms with Gasteiger partial charge in [-0.25, -0.2) is 33.6 Å². The minimum atomic E-state index is -1.06. The fourth-order valence-corrected chi connectivity index (χ4v) is 11.3. The zero-order valence-corrected chi connectivity index (χ0v) is 83.8. The van der Waals surface area contributed by atoms with E-state index in [1.165, 1.54) is 25.7 Å². The number of carboxylic acids is 2. The van der Waals surface area contributed by atoms with E-state index in [0.29, 0.717) is 71.9 Å². The van der Waals surface area contributed by atoms with Gasteiger partial charge in [0, 0.05) is 96.7 Å². The maximum atomic E-state index is 12.0. The summed E-state index contributed by atoms with van der Waals surface area (Å²) in [6.45, 7) is 51.9. The van der Waals surface area contributed by atoms with Gasteiger partial charge in [-0.1, -0.05) is 42.0 Å². The Bertz CT molecular complexity index is 3350. The Hall–Kier alpha value is -8.96. The van der Waals surface area contributed by atoms with Gasteiger partial charge in [-0.2, -0.15) is 0 Å². The maximum Gasteiger partial charge on any atom is 1.00 e. The number of amides is 11. The van der Waals surface area contributed by atoms with Crippen molar-refractivity contribution in [3.05, 3.63) is 38.0 Å². The smallest absolute Gasteiger partial charge is 0.870 e. The Morgan fingerprint density at radius 1 is 0.391 bits per heavy atom. The molecule has 7 aliphatic rings. The van der Waals surface area contributed by atoms with Crippen LogP contribution in [0.25, 0.3) is 0 Å². The van der Waals surface area contributed by atoms with E-state index in [1.54, 1.807) is 99.8 Å². The number of nitrogens with zero attached hydrogens (tertiary/aromatic N) is 6. The first-order chi connectivity index (χ1) is 57.3. The Morgan fingerprint density at radius 3 is 0.902 bits per heavy atom. The summed E-state index contributed by atoms with van der Waals surface area (Å²) in [6.07, 6.45) is 7.92. The molecular formula is C85H161Cl3N15NaO29. The van der Waals surface area contributed by atoms with Crippen molar-refractivity contribution < 1.29 is 170 Å². The number of primary amides is 5. The van der Waals surface area contributed by atoms with Crippen LogP contribution in [0.5, 0.6) is 0 Å². The predicted molar refractivity (Wildman–Crippen MR) is 502 cm³/mol. The summed E-state index contributed by atoms with van der Waals surface area (Å²) in [4.78, 5) is 196. The summed E-state index contributed by atoms with van der Waals surface area (Å²) in [5.74, 6) is -5.10. The number of aliphatic carboxylic acids is 2. The number of nitrogens with two attached hydrogens (primary N) is 5. The molecule has 7 saturated heterocycles. The van der Waals surface area contributed by atoms with Crippen LogP contribution in [0.1, 0.15) is 218 Å². The van der Waals surface area contributed by atoms with Crippen LogP contribution in [0.4, 0.5) is 33.6 Å². The maximum absolute atomic E-state index is 12.0. The van der Waals surface area contributed by atoms with E-state index < -0.39 is 111 Å². The first kappa shape index (κ1) is 147. The third-order valence-corrected chi connectivity index (χ3v) is 17.2. The standard InChI is InChI=1S/C13H21N3O4.2C11H20N2O3.C11H19NO4.C10H18O5.C8H13N3O2.C6H12N2O.C6H11NO2.C3H5ClO2.C3H3ClO.3CH4.ClH.H3N.Na.2H2O/c1-5-10(17)16-7-6-15(8-9(16)11(14)18)12(19)20-13(2,3)4;2*1-11(2,3)16-10(15)13-6-4-5-8(7-13)9(12)14;1-11(2,3)16-10(15)12-6-4-5-8(7-12)9(13)14;1-9(2,3)14-7(11)13-8(12)15-10(4,5)6;1-2-7(12)11-4-3-10-5-6(11)8(9)13;7-6(9)5-2-1-3-8-4-5;8-6(9)5-2-1-3-7-4-5;1-2-6-3(4)5;1-2-3(4)5;;;;;;;;/h5,9H,1,6-8H2,2-4H3,(H2,14,18);2*8H,4-7H2,1-3H3,(H2,12,14);8H,4-7H2,1-3H3,(H,13,14);1-6H3;2,6,10H,1,3-5H2,(H2,9,13);5,8H,1-4H2,(H2,7,9);5,7H,1-4H2,(H,8,9);2H2,1H3;2H,1H2;3*1H4;1H;1H3;;2*1H2/q;;;;;;;;;;;;;;;+1;;/p-1. The predicted octanol–water partition coefficient (Wildman–Crippen LogP) is 5.75. The number of carbonyl (C=O) groups is 17. The van der Waals surface area contributed by atoms with Crippen molar-refractivity contribution in [1.82, 2.24) is 51.5 Å². The minimum absolute atomic E-state index is 0. The van der Waals surface area contributed by atoms with E-state index in [0.717, 1.165) is 89.6 Å². The normalized spacial score (nSPS) is 18.6. The summed E-state index contributed by atoms with van der Waals surface area (Å²) in [7, 11) is 0. The molecule has 0 aromatic heterocycles. The molecule has 44 nitrogen and oxygen atoms in total. The van der Waals surface area contributed by atoms with Gasteiger partial charge in [0.25, 0.3) is 0 Å². The molecule has 772 valence electrons. The van der Waals surface area contributed by atoms with Crippen molar-refractivity contribution in [3.8, 4) is 0 Å². The van der Waals surface area contributed by atoms with Gasteiger partial charge in [0.2, 0.25) is 46.6 Å². The number of piperidine rings is 5. The Labute approximate surface area is 824 Å². The number of hydrogen-bond donors (Lipinski definition) is 11. The summed E-state index contributed by atoms with van der Waals surface area (Å²) in [6, 6.07) is -1.40. The average Bonchev–Trinajstić information content (AvgIpc) is 0.817. The third kappa shape index (κ3) is 74.0. The van der Waals surface area contributed by atoms with Gasteiger partial charge in [-0.15, -0.1) is 12.4 Å². The second-order valence-corrected chi connectivity index (χ2v) is 35.6. The van der Waals surface area contributed by atoms with E-state index in [1.807, 2.05) is 41.5 Å². The summed E-state index contributed by atoms with van der Waals surface area (Å²) in [5, 5.41) is 26.0. The molecule has 7 rings (SSSR count). The summed E-state index contributed by atoms with van der Waals surface area (Å²) < 4.78 is 38.9. The van der Waals surface area contributed by atoms with Crippen molar-refractivity contribution in [3.63, 3.8) is 0 Å². The molecule has 7 aliphatic heterocycles. The number of carboxylic acid groups (broad SMARTS) is 2. The topological polar surface area (TPSA) is 687 Å². The number of nitrogens with one attached hydrogen (secondary N) is 3. The average molecular weight is 1990 g/mol. The van der Waals surface area contributed by atoms with Gasteiger partial charge in [0.1, 0.15) is 45.7 Å². The fraction of sp³-hybridized carbons (Fsp3) is 0.729. The molecule has 0 aromatic carbocycles. The van der Waals surface area contributed by atoms with Crippen molar-refractivity contribution in [2.75, 3.05) is 111 Å². The van der Waals surface area contributed by atoms with Crippen molar-refractivity contribution in [1.29, 1.82) is 0 Å². The van der Waals surface area contributed by atoms with Gasteiger partial charge < -0.3 is 139 Å². The number of piperazine rings is 2. The Kier molecular flexibility index (Phi) is 81.1. The number of carbonyl (C=O) groups excluding carboxylic acids is 15. The van der Waals surface area contributed by atoms with Crippen LogP contribution in [0.3, 0.4) is 0 Å². The van der Waals surface area contributed by atoms with E-state index in [-0.39, 0.29) is 173 Å².